The molecule has 0 aliphatic rings. The molecule has 0 aliphatic heterocycles. The van der Waals surface area contributed by atoms with Crippen LogP contribution in [0.3, 0.4) is 0 Å². The highest BCUT2D eigenvalue weighted by atomic mass is 16.4. The molecule has 0 saturated heterocycles. The van der Waals surface area contributed by atoms with Gasteiger partial charge in [-0.25, -0.2) is 0 Å². The van der Waals surface area contributed by atoms with Crippen molar-refractivity contribution in [2.75, 3.05) is 0 Å². The molecule has 0 fully saturated rings. The Morgan fingerprint density at radius 3 is 2.64 bits per heavy atom. The Morgan fingerprint density at radius 2 is 2.00 bits per heavy atom. The van der Waals surface area contributed by atoms with Gasteiger partial charge in [0.15, 0.2) is 0 Å². The third-order valence-corrected chi connectivity index (χ3v) is 3.93. The van der Waals surface area contributed by atoms with Gasteiger partial charge >= 0.3 is 5.97 Å². The number of hydrogen-bond donors (Lipinski definition) is 1. The van der Waals surface area contributed by atoms with Crippen LogP contribution in [0.2, 0.25) is 0 Å². The van der Waals surface area contributed by atoms with Crippen molar-refractivity contribution in [1.82, 2.24) is 4.98 Å². The van der Waals surface area contributed by atoms with Crippen molar-refractivity contribution in [3.63, 3.8) is 0 Å². The minimum atomic E-state index is -0.880. The second-order valence-corrected chi connectivity index (χ2v) is 5.58. The molecule has 2 aromatic rings. The topological polar surface area (TPSA) is 50.2 Å². The largest absolute Gasteiger partial charge is 0.481 e. The molecule has 0 saturated carbocycles. The first-order chi connectivity index (χ1) is 10.6. The molecule has 3 heteroatoms. The summed E-state index contributed by atoms with van der Waals surface area (Å²) >= 11 is 0. The predicted molar refractivity (Wildman–Crippen MR) is 88.6 cm³/mol. The van der Waals surface area contributed by atoms with Crippen LogP contribution in [0.4, 0.5) is 0 Å². The van der Waals surface area contributed by atoms with Crippen molar-refractivity contribution in [3.8, 4) is 0 Å². The smallest absolute Gasteiger partial charge is 0.313 e. The lowest BCUT2D eigenvalue weighted by Crippen LogP contribution is -2.32. The summed E-state index contributed by atoms with van der Waals surface area (Å²) in [6.07, 6.45) is 9.75. The quantitative estimate of drug-likeness (QED) is 0.774. The average Bonchev–Trinajstić information content (AvgIpc) is 2.56. The monoisotopic (exact) mass is 295 g/mol. The lowest BCUT2D eigenvalue weighted by molar-refractivity contribution is -0.143. The number of carboxylic acid groups (broad SMARTS) is 1. The molecule has 1 aromatic carbocycles. The SMILES string of the molecule is CC(CCCC=Cc1ccccc1)(C(=O)O)c1cccnc1. The minimum Gasteiger partial charge on any atom is -0.481 e. The van der Waals surface area contributed by atoms with Gasteiger partial charge in [-0.05, 0) is 43.4 Å². The zero-order valence-electron chi connectivity index (χ0n) is 12.8. The maximum absolute atomic E-state index is 11.7. The van der Waals surface area contributed by atoms with Gasteiger partial charge in [0.25, 0.3) is 0 Å². The molecule has 1 aromatic heterocycles. The van der Waals surface area contributed by atoms with Gasteiger partial charge in [0.1, 0.15) is 0 Å². The summed E-state index contributed by atoms with van der Waals surface area (Å²) in [5.41, 5.74) is 1.04. The summed E-state index contributed by atoms with van der Waals surface area (Å²) in [6, 6.07) is 13.7. The van der Waals surface area contributed by atoms with Crippen LogP contribution in [0.5, 0.6) is 0 Å². The van der Waals surface area contributed by atoms with E-state index in [9.17, 15) is 9.90 Å². The standard InChI is InChI=1S/C19H21NO2/c1-19(18(21)22,17-12-8-14-20-15-17)13-7-3-6-11-16-9-4-2-5-10-16/h2,4-6,8-12,14-15H,3,7,13H2,1H3,(H,21,22). The van der Waals surface area contributed by atoms with E-state index in [4.69, 9.17) is 0 Å². The van der Waals surface area contributed by atoms with Gasteiger partial charge in [-0.1, -0.05) is 48.6 Å². The van der Waals surface area contributed by atoms with Crippen molar-refractivity contribution < 1.29 is 9.90 Å². The summed E-state index contributed by atoms with van der Waals surface area (Å²) in [5.74, 6) is -0.799. The summed E-state index contributed by atoms with van der Waals surface area (Å²) in [5, 5.41) is 9.57. The van der Waals surface area contributed by atoms with Crippen LogP contribution in [-0.2, 0) is 10.2 Å². The van der Waals surface area contributed by atoms with E-state index in [-0.39, 0.29) is 0 Å². The first-order valence-corrected chi connectivity index (χ1v) is 7.48. The van der Waals surface area contributed by atoms with E-state index in [1.807, 2.05) is 36.4 Å². The minimum absolute atomic E-state index is 0.590. The number of pyridine rings is 1. The van der Waals surface area contributed by atoms with Gasteiger partial charge in [-0.3, -0.25) is 9.78 Å². The Bertz CT molecular complexity index is 622. The van der Waals surface area contributed by atoms with Crippen molar-refractivity contribution >= 4 is 12.0 Å². The molecule has 0 amide bonds. The number of aliphatic carboxylic acids is 1. The van der Waals surface area contributed by atoms with E-state index in [1.54, 1.807) is 25.4 Å². The van der Waals surface area contributed by atoms with Crippen LogP contribution in [0.25, 0.3) is 6.08 Å². The van der Waals surface area contributed by atoms with E-state index in [0.717, 1.165) is 24.0 Å². The molecule has 114 valence electrons. The van der Waals surface area contributed by atoms with Crippen molar-refractivity contribution in [2.45, 2.75) is 31.6 Å². The maximum atomic E-state index is 11.7. The van der Waals surface area contributed by atoms with Crippen LogP contribution < -0.4 is 0 Å². The van der Waals surface area contributed by atoms with Crippen LogP contribution in [0.15, 0.2) is 60.9 Å². The van der Waals surface area contributed by atoms with Crippen LogP contribution >= 0.6 is 0 Å². The number of nitrogens with zero attached hydrogens (tertiary/aromatic N) is 1. The van der Waals surface area contributed by atoms with Gasteiger partial charge in [-0.15, -0.1) is 0 Å². The lowest BCUT2D eigenvalue weighted by atomic mass is 9.79. The Kier molecular flexibility index (Phi) is 5.48. The van der Waals surface area contributed by atoms with Gasteiger partial charge in [0, 0.05) is 12.4 Å². The number of benzene rings is 1. The molecule has 0 spiro atoms. The van der Waals surface area contributed by atoms with E-state index in [1.165, 1.54) is 0 Å². The van der Waals surface area contributed by atoms with Gasteiger partial charge in [0.2, 0.25) is 0 Å². The highest BCUT2D eigenvalue weighted by Crippen LogP contribution is 2.29. The van der Waals surface area contributed by atoms with Crippen molar-refractivity contribution in [3.05, 3.63) is 72.1 Å². The molecular weight excluding hydrogens is 274 g/mol. The van der Waals surface area contributed by atoms with Gasteiger partial charge in [0.05, 0.1) is 5.41 Å². The number of carbonyl (C=O) groups is 1. The molecule has 1 unspecified atom stereocenters. The fraction of sp³-hybridized carbons (Fsp3) is 0.263. The summed E-state index contributed by atoms with van der Waals surface area (Å²) < 4.78 is 0. The fourth-order valence-corrected chi connectivity index (χ4v) is 2.42. The second-order valence-electron chi connectivity index (χ2n) is 5.58. The number of aromatic nitrogens is 1. The van der Waals surface area contributed by atoms with Crippen molar-refractivity contribution in [1.29, 1.82) is 0 Å². The third kappa shape index (κ3) is 4.04. The first kappa shape index (κ1) is 16.0. The Labute approximate surface area is 131 Å². The Balaban J connectivity index is 1.93. The molecular formula is C19H21NO2. The van der Waals surface area contributed by atoms with Crippen LogP contribution in [0, 0.1) is 0 Å². The van der Waals surface area contributed by atoms with Crippen molar-refractivity contribution in [2.24, 2.45) is 0 Å². The average molecular weight is 295 g/mol. The van der Waals surface area contributed by atoms with Gasteiger partial charge < -0.3 is 5.11 Å². The fourth-order valence-electron chi connectivity index (χ4n) is 2.42. The summed E-state index contributed by atoms with van der Waals surface area (Å²) in [6.45, 7) is 1.77. The zero-order chi connectivity index (χ0) is 15.8. The number of hydrogen-bond acceptors (Lipinski definition) is 2. The maximum Gasteiger partial charge on any atom is 0.313 e. The molecule has 22 heavy (non-hydrogen) atoms. The highest BCUT2D eigenvalue weighted by molar-refractivity contribution is 5.80. The lowest BCUT2D eigenvalue weighted by Gasteiger charge is -2.24. The first-order valence-electron chi connectivity index (χ1n) is 7.48. The Morgan fingerprint density at radius 1 is 1.23 bits per heavy atom. The van der Waals surface area contributed by atoms with E-state index < -0.39 is 11.4 Å². The molecule has 0 aliphatic carbocycles. The second kappa shape index (κ2) is 7.55. The molecule has 1 atom stereocenters. The number of unbranched alkanes of at least 4 members (excludes halogenated alkanes) is 1. The molecule has 1 N–H and O–H groups in total. The van der Waals surface area contributed by atoms with E-state index in [0.29, 0.717) is 6.42 Å². The number of allylic oxidation sites excluding steroid dienone is 1. The zero-order valence-corrected chi connectivity index (χ0v) is 12.8. The summed E-state index contributed by atoms with van der Waals surface area (Å²) in [4.78, 5) is 15.7. The normalized spacial score (nSPS) is 13.9. The van der Waals surface area contributed by atoms with Crippen LogP contribution in [0.1, 0.15) is 37.3 Å². The van der Waals surface area contributed by atoms with Gasteiger partial charge in [-0.2, -0.15) is 0 Å². The predicted octanol–water partition coefficient (Wildman–Crippen LogP) is 4.31. The Hall–Kier alpha value is -2.42. The highest BCUT2D eigenvalue weighted by Gasteiger charge is 2.34. The van der Waals surface area contributed by atoms with E-state index >= 15 is 0 Å². The molecule has 3 nitrogen and oxygen atoms in total. The molecule has 2 rings (SSSR count). The number of rotatable bonds is 7. The number of carboxylic acids is 1. The summed E-state index contributed by atoms with van der Waals surface area (Å²) in [7, 11) is 0. The van der Waals surface area contributed by atoms with Crippen LogP contribution in [-0.4, -0.2) is 16.1 Å². The van der Waals surface area contributed by atoms with E-state index in [2.05, 4.69) is 17.1 Å². The molecule has 1 heterocycles. The molecule has 0 bridgehead atoms. The third-order valence-electron chi connectivity index (χ3n) is 3.93. The molecule has 0 radical (unpaired) electrons.